The van der Waals surface area contributed by atoms with Gasteiger partial charge in [-0.05, 0) is 11.1 Å². The van der Waals surface area contributed by atoms with Crippen molar-refractivity contribution in [3.8, 4) is 0 Å². The normalized spacial score (nSPS) is 11.2. The Balaban J connectivity index is 2.04. The molecule has 0 heterocycles. The van der Waals surface area contributed by atoms with Gasteiger partial charge in [0, 0.05) is 19.5 Å². The van der Waals surface area contributed by atoms with E-state index in [2.05, 4.69) is 5.32 Å². The van der Waals surface area contributed by atoms with Crippen molar-refractivity contribution in [2.45, 2.75) is 32.0 Å². The molecule has 0 radical (unpaired) electrons. The number of nitrogens with one attached hydrogen (secondary N) is 1. The van der Waals surface area contributed by atoms with Crippen LogP contribution in [0.3, 0.4) is 0 Å². The number of aliphatic carboxylic acids is 1. The summed E-state index contributed by atoms with van der Waals surface area (Å²) in [5.41, 5.74) is 1.57. The number of aldehydes is 1. The van der Waals surface area contributed by atoms with Gasteiger partial charge in [0.25, 0.3) is 0 Å². The molecule has 2 N–H and O–H groups in total. The zero-order valence-corrected chi connectivity index (χ0v) is 16.4. The Morgan fingerprint density at radius 3 is 2.17 bits per heavy atom. The van der Waals surface area contributed by atoms with Gasteiger partial charge in [0.05, 0.1) is 6.42 Å². The molecule has 30 heavy (non-hydrogen) atoms. The van der Waals surface area contributed by atoms with E-state index in [1.807, 2.05) is 12.1 Å². The average Bonchev–Trinajstić information content (AvgIpc) is 2.75. The van der Waals surface area contributed by atoms with Gasteiger partial charge in [-0.3, -0.25) is 9.59 Å². The molecule has 0 saturated heterocycles. The molecule has 0 aliphatic rings. The van der Waals surface area contributed by atoms with E-state index in [0.717, 1.165) is 11.1 Å². The third-order valence-corrected chi connectivity index (χ3v) is 4.26. The molecule has 0 unspecified atom stereocenters. The van der Waals surface area contributed by atoms with E-state index in [4.69, 9.17) is 9.84 Å². The summed E-state index contributed by atoms with van der Waals surface area (Å²) in [7, 11) is 0. The Hall–Kier alpha value is -3.68. The number of hydrogen-bond donors (Lipinski definition) is 2. The SMILES string of the molecule is O=CC[C@H](NC(=O)OCc1ccccc1)C(=O)N(CCC(=O)O)Cc1ccccc1. The van der Waals surface area contributed by atoms with E-state index < -0.39 is 24.0 Å². The summed E-state index contributed by atoms with van der Waals surface area (Å²) in [5.74, 6) is -1.60. The van der Waals surface area contributed by atoms with E-state index in [9.17, 15) is 19.2 Å². The predicted molar refractivity (Wildman–Crippen MR) is 108 cm³/mol. The minimum Gasteiger partial charge on any atom is -0.481 e. The molecular formula is C22H24N2O6. The molecule has 0 aliphatic heterocycles. The minimum absolute atomic E-state index is 0.0153. The Kier molecular flexibility index (Phi) is 9.05. The van der Waals surface area contributed by atoms with E-state index in [-0.39, 0.29) is 32.5 Å². The lowest BCUT2D eigenvalue weighted by Crippen LogP contribution is -2.49. The topological polar surface area (TPSA) is 113 Å². The fourth-order valence-electron chi connectivity index (χ4n) is 2.75. The van der Waals surface area contributed by atoms with Crippen LogP contribution < -0.4 is 5.32 Å². The van der Waals surface area contributed by atoms with Gasteiger partial charge >= 0.3 is 12.1 Å². The maximum absolute atomic E-state index is 13.0. The summed E-state index contributed by atoms with van der Waals surface area (Å²) in [6, 6.07) is 16.9. The maximum atomic E-state index is 13.0. The fraction of sp³-hybridized carbons (Fsp3) is 0.273. The second-order valence-electron chi connectivity index (χ2n) is 6.55. The predicted octanol–water partition coefficient (Wildman–Crippen LogP) is 2.37. The van der Waals surface area contributed by atoms with Gasteiger partial charge in [0.2, 0.25) is 5.91 Å². The highest BCUT2D eigenvalue weighted by molar-refractivity contribution is 5.88. The molecular weight excluding hydrogens is 388 g/mol. The number of carbonyl (C=O) groups excluding carboxylic acids is 3. The number of carboxylic acids is 1. The third-order valence-electron chi connectivity index (χ3n) is 4.26. The fourth-order valence-corrected chi connectivity index (χ4v) is 2.75. The van der Waals surface area contributed by atoms with Gasteiger partial charge in [-0.15, -0.1) is 0 Å². The number of nitrogens with zero attached hydrogens (tertiary/aromatic N) is 1. The molecule has 2 rings (SSSR count). The molecule has 2 aromatic rings. The van der Waals surface area contributed by atoms with Gasteiger partial charge in [0.1, 0.15) is 18.9 Å². The van der Waals surface area contributed by atoms with Crippen LogP contribution in [0.25, 0.3) is 0 Å². The molecule has 0 spiro atoms. The van der Waals surface area contributed by atoms with Crippen molar-refractivity contribution in [3.05, 3.63) is 71.8 Å². The largest absolute Gasteiger partial charge is 0.481 e. The summed E-state index contributed by atoms with van der Waals surface area (Å²) >= 11 is 0. The van der Waals surface area contributed by atoms with Crippen molar-refractivity contribution in [1.82, 2.24) is 10.2 Å². The molecule has 0 bridgehead atoms. The highest BCUT2D eigenvalue weighted by Gasteiger charge is 2.27. The lowest BCUT2D eigenvalue weighted by molar-refractivity contribution is -0.139. The summed E-state index contributed by atoms with van der Waals surface area (Å²) in [5, 5.41) is 11.4. The van der Waals surface area contributed by atoms with Crippen molar-refractivity contribution >= 4 is 24.3 Å². The van der Waals surface area contributed by atoms with E-state index >= 15 is 0 Å². The molecule has 158 valence electrons. The van der Waals surface area contributed by atoms with Crippen LogP contribution in [-0.2, 0) is 32.3 Å². The van der Waals surface area contributed by atoms with Gasteiger partial charge in [0.15, 0.2) is 0 Å². The Morgan fingerprint density at radius 1 is 1.00 bits per heavy atom. The number of carboxylic acid groups (broad SMARTS) is 1. The van der Waals surface area contributed by atoms with Crippen LogP contribution in [-0.4, -0.2) is 46.8 Å². The highest BCUT2D eigenvalue weighted by atomic mass is 16.5. The zero-order valence-electron chi connectivity index (χ0n) is 16.4. The number of ether oxygens (including phenoxy) is 1. The lowest BCUT2D eigenvalue weighted by Gasteiger charge is -2.26. The van der Waals surface area contributed by atoms with Gasteiger partial charge in [-0.25, -0.2) is 4.79 Å². The third kappa shape index (κ3) is 7.75. The maximum Gasteiger partial charge on any atom is 0.408 e. The average molecular weight is 412 g/mol. The van der Waals surface area contributed by atoms with E-state index in [0.29, 0.717) is 6.29 Å². The van der Waals surface area contributed by atoms with Crippen molar-refractivity contribution in [2.75, 3.05) is 6.54 Å². The summed E-state index contributed by atoms with van der Waals surface area (Å²) < 4.78 is 5.12. The molecule has 8 nitrogen and oxygen atoms in total. The Morgan fingerprint density at radius 2 is 1.60 bits per heavy atom. The summed E-state index contributed by atoms with van der Waals surface area (Å²) in [6.07, 6.45) is -0.822. The Bertz CT molecular complexity index is 841. The number of carbonyl (C=O) groups is 4. The van der Waals surface area contributed by atoms with Crippen LogP contribution in [0.15, 0.2) is 60.7 Å². The molecule has 0 fully saturated rings. The van der Waals surface area contributed by atoms with Gasteiger partial charge in [-0.1, -0.05) is 60.7 Å². The van der Waals surface area contributed by atoms with Gasteiger partial charge < -0.3 is 24.9 Å². The van der Waals surface area contributed by atoms with Crippen LogP contribution in [0.5, 0.6) is 0 Å². The quantitative estimate of drug-likeness (QED) is 0.548. The van der Waals surface area contributed by atoms with E-state index in [1.54, 1.807) is 48.5 Å². The zero-order chi connectivity index (χ0) is 21.8. The molecule has 0 saturated carbocycles. The Labute approximate surface area is 174 Å². The van der Waals surface area contributed by atoms with Crippen molar-refractivity contribution in [2.24, 2.45) is 0 Å². The van der Waals surface area contributed by atoms with Crippen LogP contribution in [0.1, 0.15) is 24.0 Å². The molecule has 0 aromatic heterocycles. The van der Waals surface area contributed by atoms with Crippen LogP contribution in [0.4, 0.5) is 4.79 Å². The molecule has 0 aliphatic carbocycles. The van der Waals surface area contributed by atoms with Gasteiger partial charge in [-0.2, -0.15) is 0 Å². The first-order chi connectivity index (χ1) is 14.5. The number of hydrogen-bond acceptors (Lipinski definition) is 5. The number of amides is 2. The summed E-state index contributed by atoms with van der Waals surface area (Å²) in [6.45, 7) is 0.115. The van der Waals surface area contributed by atoms with Crippen molar-refractivity contribution in [3.63, 3.8) is 0 Å². The van der Waals surface area contributed by atoms with Crippen LogP contribution in [0, 0.1) is 0 Å². The summed E-state index contributed by atoms with van der Waals surface area (Å²) in [4.78, 5) is 48.5. The number of alkyl carbamates (subject to hydrolysis) is 1. The van der Waals surface area contributed by atoms with E-state index in [1.165, 1.54) is 4.90 Å². The van der Waals surface area contributed by atoms with Crippen molar-refractivity contribution < 1.29 is 29.0 Å². The number of benzene rings is 2. The molecule has 2 aromatic carbocycles. The first-order valence-electron chi connectivity index (χ1n) is 9.45. The highest BCUT2D eigenvalue weighted by Crippen LogP contribution is 2.09. The minimum atomic E-state index is -1.15. The molecule has 8 heteroatoms. The standard InChI is InChI=1S/C22H24N2O6/c25-14-12-19(23-22(29)30-16-18-9-5-2-6-10-18)21(28)24(13-11-20(26)27)15-17-7-3-1-4-8-17/h1-10,14,19H,11-13,15-16H2,(H,23,29)(H,26,27)/t19-/m0/s1. The smallest absolute Gasteiger partial charge is 0.408 e. The van der Waals surface area contributed by atoms with Crippen LogP contribution >= 0.6 is 0 Å². The molecule has 2 amide bonds. The lowest BCUT2D eigenvalue weighted by atomic mass is 10.1. The number of rotatable bonds is 11. The second kappa shape index (κ2) is 12.0. The first kappa shape index (κ1) is 22.6. The second-order valence-corrected chi connectivity index (χ2v) is 6.55. The van der Waals surface area contributed by atoms with Crippen LogP contribution in [0.2, 0.25) is 0 Å². The first-order valence-corrected chi connectivity index (χ1v) is 9.45. The molecule has 1 atom stereocenters. The monoisotopic (exact) mass is 412 g/mol. The van der Waals surface area contributed by atoms with Crippen molar-refractivity contribution in [1.29, 1.82) is 0 Å².